The molecule has 1 aliphatic rings. The lowest BCUT2D eigenvalue weighted by atomic mass is 9.81. The van der Waals surface area contributed by atoms with E-state index in [1.54, 1.807) is 0 Å². The standard InChI is InChI=1S/C59H41N/c1-59(2)53-25-15-14-22-45(53)46-30-26-43(37-54(46)59)42-29-33-56-51(35-42)50-34-41(28-32-55(50)60(56)44-20-10-5-11-21-44)40-27-31-49-52(36-40)58(39-18-8-4-9-19-39)48-24-13-12-23-47(48)57(49)38-16-6-3-7-17-38/h3-37H,1-2H3. The second kappa shape index (κ2) is 13.3. The van der Waals surface area contributed by atoms with Crippen molar-refractivity contribution in [3.05, 3.63) is 223 Å². The van der Waals surface area contributed by atoms with Crippen molar-refractivity contribution < 1.29 is 0 Å². The molecule has 0 atom stereocenters. The van der Waals surface area contributed by atoms with E-state index in [9.17, 15) is 0 Å². The minimum Gasteiger partial charge on any atom is -0.309 e. The van der Waals surface area contributed by atoms with Crippen molar-refractivity contribution >= 4 is 43.4 Å². The van der Waals surface area contributed by atoms with Gasteiger partial charge in [0.1, 0.15) is 0 Å². The van der Waals surface area contributed by atoms with Gasteiger partial charge in [-0.15, -0.1) is 0 Å². The molecule has 60 heavy (non-hydrogen) atoms. The zero-order chi connectivity index (χ0) is 40.0. The maximum atomic E-state index is 2.44. The second-order valence-electron chi connectivity index (χ2n) is 16.9. The molecule has 0 amide bonds. The third kappa shape index (κ3) is 5.19. The number of fused-ring (bicyclic) bond motifs is 8. The molecule has 0 fully saturated rings. The van der Waals surface area contributed by atoms with Crippen LogP contribution in [-0.2, 0) is 5.41 Å². The normalized spacial score (nSPS) is 13.0. The van der Waals surface area contributed by atoms with Crippen molar-refractivity contribution in [2.24, 2.45) is 0 Å². The highest BCUT2D eigenvalue weighted by Crippen LogP contribution is 2.50. The molecule has 0 saturated heterocycles. The van der Waals surface area contributed by atoms with Gasteiger partial charge in [-0.2, -0.15) is 0 Å². The van der Waals surface area contributed by atoms with Gasteiger partial charge in [-0.1, -0.05) is 178 Å². The first kappa shape index (κ1) is 34.6. The Bertz CT molecular complexity index is 3480. The third-order valence-corrected chi connectivity index (χ3v) is 13.2. The fraction of sp³-hybridized carbons (Fsp3) is 0.0508. The topological polar surface area (TPSA) is 4.93 Å². The monoisotopic (exact) mass is 763 g/mol. The molecule has 1 aromatic heterocycles. The third-order valence-electron chi connectivity index (χ3n) is 13.2. The van der Waals surface area contributed by atoms with Crippen LogP contribution in [0.1, 0.15) is 25.0 Å². The van der Waals surface area contributed by atoms with E-state index in [0.29, 0.717) is 0 Å². The van der Waals surface area contributed by atoms with E-state index in [1.807, 2.05) is 0 Å². The molecule has 0 spiro atoms. The van der Waals surface area contributed by atoms with E-state index < -0.39 is 0 Å². The Labute approximate surface area is 350 Å². The molecule has 0 unspecified atom stereocenters. The van der Waals surface area contributed by atoms with E-state index >= 15 is 0 Å². The van der Waals surface area contributed by atoms with Crippen molar-refractivity contribution in [2.75, 3.05) is 0 Å². The molecule has 10 aromatic carbocycles. The molecular formula is C59H41N. The van der Waals surface area contributed by atoms with Crippen molar-refractivity contribution in [1.82, 2.24) is 4.57 Å². The summed E-state index contributed by atoms with van der Waals surface area (Å²) < 4.78 is 2.42. The fourth-order valence-electron chi connectivity index (χ4n) is 10.3. The van der Waals surface area contributed by atoms with Crippen molar-refractivity contribution in [3.8, 4) is 61.3 Å². The largest absolute Gasteiger partial charge is 0.309 e. The summed E-state index contributed by atoms with van der Waals surface area (Å²) in [6.07, 6.45) is 0. The van der Waals surface area contributed by atoms with Crippen LogP contribution in [0.2, 0.25) is 0 Å². The highest BCUT2D eigenvalue weighted by Gasteiger charge is 2.35. The summed E-state index contributed by atoms with van der Waals surface area (Å²) >= 11 is 0. The van der Waals surface area contributed by atoms with Crippen molar-refractivity contribution in [2.45, 2.75) is 19.3 Å². The summed E-state index contributed by atoms with van der Waals surface area (Å²) in [5.41, 5.74) is 18.9. The van der Waals surface area contributed by atoms with E-state index in [0.717, 1.165) is 5.69 Å². The van der Waals surface area contributed by atoms with Crippen LogP contribution in [0, 0.1) is 0 Å². The van der Waals surface area contributed by atoms with Crippen molar-refractivity contribution in [1.29, 1.82) is 0 Å². The van der Waals surface area contributed by atoms with E-state index in [4.69, 9.17) is 0 Å². The Kier molecular flexibility index (Phi) is 7.65. The first-order valence-electron chi connectivity index (χ1n) is 21.0. The minimum atomic E-state index is -0.0569. The van der Waals surface area contributed by atoms with Gasteiger partial charge in [0.15, 0.2) is 0 Å². The molecule has 1 heteroatoms. The minimum absolute atomic E-state index is 0.0569. The average molecular weight is 764 g/mol. The lowest BCUT2D eigenvalue weighted by molar-refractivity contribution is 0.660. The zero-order valence-corrected chi connectivity index (χ0v) is 33.7. The molecule has 0 saturated carbocycles. The van der Waals surface area contributed by atoms with Gasteiger partial charge in [-0.25, -0.2) is 0 Å². The number of aromatic nitrogens is 1. The molecule has 0 N–H and O–H groups in total. The van der Waals surface area contributed by atoms with Crippen LogP contribution in [-0.4, -0.2) is 4.57 Å². The number of rotatable bonds is 5. The van der Waals surface area contributed by atoms with Crippen molar-refractivity contribution in [3.63, 3.8) is 0 Å². The summed E-state index contributed by atoms with van der Waals surface area (Å²) in [5, 5.41) is 7.54. The molecule has 0 radical (unpaired) electrons. The van der Waals surface area contributed by atoms with Crippen LogP contribution in [0.4, 0.5) is 0 Å². The van der Waals surface area contributed by atoms with Crippen LogP contribution >= 0.6 is 0 Å². The molecule has 282 valence electrons. The molecule has 0 aliphatic heterocycles. The fourth-order valence-corrected chi connectivity index (χ4v) is 10.3. The summed E-state index contributed by atoms with van der Waals surface area (Å²) in [6, 6.07) is 78.7. The molecular weight excluding hydrogens is 723 g/mol. The lowest BCUT2D eigenvalue weighted by Crippen LogP contribution is -2.14. The number of para-hydroxylation sites is 1. The maximum Gasteiger partial charge on any atom is 0.0541 e. The smallest absolute Gasteiger partial charge is 0.0541 e. The molecule has 1 heterocycles. The van der Waals surface area contributed by atoms with Gasteiger partial charge in [0.2, 0.25) is 0 Å². The molecule has 1 aliphatic carbocycles. The Morgan fingerprint density at radius 1 is 0.300 bits per heavy atom. The first-order chi connectivity index (χ1) is 29.5. The number of hydrogen-bond acceptors (Lipinski definition) is 0. The van der Waals surface area contributed by atoms with Gasteiger partial charge < -0.3 is 4.57 Å². The number of benzene rings is 10. The molecule has 1 nitrogen and oxygen atoms in total. The first-order valence-corrected chi connectivity index (χ1v) is 21.0. The molecule has 0 bridgehead atoms. The molecule has 11 aromatic rings. The van der Waals surface area contributed by atoms with Gasteiger partial charge in [0.05, 0.1) is 11.0 Å². The maximum absolute atomic E-state index is 2.44. The van der Waals surface area contributed by atoms with Crippen LogP contribution in [0.15, 0.2) is 212 Å². The van der Waals surface area contributed by atoms with Crippen LogP contribution in [0.3, 0.4) is 0 Å². The van der Waals surface area contributed by atoms with Gasteiger partial charge >= 0.3 is 0 Å². The SMILES string of the molecule is CC1(C)c2ccccc2-c2ccc(-c3ccc4c(c3)c3cc(-c5ccc6c(-c7ccccc7)c7ccccc7c(-c7ccccc7)c6c5)ccc3n4-c3ccccc3)cc21. The zero-order valence-electron chi connectivity index (χ0n) is 33.7. The Morgan fingerprint density at radius 2 is 0.733 bits per heavy atom. The summed E-state index contributed by atoms with van der Waals surface area (Å²) in [6.45, 7) is 4.72. The van der Waals surface area contributed by atoms with E-state index in [2.05, 4.69) is 231 Å². The Hall–Kier alpha value is -7.48. The van der Waals surface area contributed by atoms with Gasteiger partial charge in [-0.3, -0.25) is 0 Å². The van der Waals surface area contributed by atoms with Gasteiger partial charge in [-0.05, 0) is 137 Å². The van der Waals surface area contributed by atoms with E-state index in [-0.39, 0.29) is 5.41 Å². The van der Waals surface area contributed by atoms with Gasteiger partial charge in [0.25, 0.3) is 0 Å². The quantitative estimate of drug-likeness (QED) is 0.154. The predicted molar refractivity (Wildman–Crippen MR) is 255 cm³/mol. The van der Waals surface area contributed by atoms with Crippen LogP contribution in [0.25, 0.3) is 105 Å². The van der Waals surface area contributed by atoms with E-state index in [1.165, 1.54) is 110 Å². The van der Waals surface area contributed by atoms with Gasteiger partial charge in [0, 0.05) is 21.9 Å². The summed E-state index contributed by atoms with van der Waals surface area (Å²) in [5.74, 6) is 0. The highest BCUT2D eigenvalue weighted by atomic mass is 15.0. The van der Waals surface area contributed by atoms with Crippen LogP contribution < -0.4 is 0 Å². The molecule has 12 rings (SSSR count). The average Bonchev–Trinajstić information content (AvgIpc) is 3.75. The number of hydrogen-bond donors (Lipinski definition) is 0. The Balaban J connectivity index is 1.08. The second-order valence-corrected chi connectivity index (χ2v) is 16.9. The van der Waals surface area contributed by atoms with Crippen LogP contribution in [0.5, 0.6) is 0 Å². The summed E-state index contributed by atoms with van der Waals surface area (Å²) in [4.78, 5) is 0. The highest BCUT2D eigenvalue weighted by molar-refractivity contribution is 6.22. The lowest BCUT2D eigenvalue weighted by Gasteiger charge is -2.22. The number of nitrogens with zero attached hydrogens (tertiary/aromatic N) is 1. The Morgan fingerprint density at radius 3 is 1.35 bits per heavy atom. The predicted octanol–water partition coefficient (Wildman–Crippen LogP) is 16.1. The summed E-state index contributed by atoms with van der Waals surface area (Å²) in [7, 11) is 0.